The van der Waals surface area contributed by atoms with E-state index in [1.54, 1.807) is 27.7 Å². The second-order valence-corrected chi connectivity index (χ2v) is 8.57. The molecule has 31 heavy (non-hydrogen) atoms. The summed E-state index contributed by atoms with van der Waals surface area (Å²) in [7, 11) is 0. The van der Waals surface area contributed by atoms with Crippen molar-refractivity contribution in [2.75, 3.05) is 29.4 Å². The van der Waals surface area contributed by atoms with Crippen LogP contribution in [-0.2, 0) is 14.3 Å². The summed E-state index contributed by atoms with van der Waals surface area (Å²) in [5, 5.41) is 2.61. The minimum absolute atomic E-state index is 0.00635. The standard InChI is InChI=1S/C22H29F2N3O4/c1-14(12-25-21(30)31-22(3,4)5)13-27(15(2)28)18-7-6-17(19(23)20(18)24)26-10-8-16(29)9-11-26/h6-8,10,14H,9,11-13H2,1-5H3,(H,25,30)/t14-/m0/s1. The average molecular weight is 437 g/mol. The van der Waals surface area contributed by atoms with Crippen LogP contribution in [0.3, 0.4) is 0 Å². The molecular weight excluding hydrogens is 408 g/mol. The van der Waals surface area contributed by atoms with Gasteiger partial charge in [0.05, 0.1) is 11.4 Å². The Morgan fingerprint density at radius 3 is 2.48 bits per heavy atom. The minimum Gasteiger partial charge on any atom is -0.444 e. The maximum absolute atomic E-state index is 14.9. The average Bonchev–Trinajstić information content (AvgIpc) is 2.66. The van der Waals surface area contributed by atoms with Crippen LogP contribution >= 0.6 is 0 Å². The normalized spacial score (nSPS) is 14.9. The van der Waals surface area contributed by atoms with Gasteiger partial charge in [0, 0.05) is 39.2 Å². The molecule has 7 nitrogen and oxygen atoms in total. The minimum atomic E-state index is -1.15. The lowest BCUT2D eigenvalue weighted by molar-refractivity contribution is -0.117. The van der Waals surface area contributed by atoms with E-state index >= 15 is 0 Å². The Balaban J connectivity index is 2.13. The van der Waals surface area contributed by atoms with Crippen molar-refractivity contribution in [2.24, 2.45) is 5.92 Å². The molecule has 0 spiro atoms. The van der Waals surface area contributed by atoms with E-state index in [0.717, 1.165) is 4.90 Å². The van der Waals surface area contributed by atoms with Gasteiger partial charge in [0.1, 0.15) is 5.60 Å². The van der Waals surface area contributed by atoms with Gasteiger partial charge in [-0.3, -0.25) is 9.59 Å². The molecule has 1 atom stereocenters. The number of hydrogen-bond donors (Lipinski definition) is 1. The van der Waals surface area contributed by atoms with Crippen molar-refractivity contribution in [3.63, 3.8) is 0 Å². The molecule has 9 heteroatoms. The number of nitrogens with one attached hydrogen (secondary N) is 1. The molecule has 0 fully saturated rings. The number of ether oxygens (including phenoxy) is 1. The maximum atomic E-state index is 14.9. The first kappa shape index (κ1) is 24.3. The molecule has 0 aliphatic carbocycles. The van der Waals surface area contributed by atoms with Gasteiger partial charge >= 0.3 is 6.09 Å². The molecule has 2 amide bonds. The van der Waals surface area contributed by atoms with Crippen molar-refractivity contribution in [2.45, 2.75) is 46.6 Å². The molecule has 1 aromatic carbocycles. The molecule has 0 unspecified atom stereocenters. The molecular formula is C22H29F2N3O4. The molecule has 0 saturated carbocycles. The van der Waals surface area contributed by atoms with Crippen LogP contribution < -0.4 is 15.1 Å². The van der Waals surface area contributed by atoms with Crippen molar-refractivity contribution in [3.8, 4) is 0 Å². The summed E-state index contributed by atoms with van der Waals surface area (Å²) >= 11 is 0. The lowest BCUT2D eigenvalue weighted by Gasteiger charge is -2.28. The first-order valence-electron chi connectivity index (χ1n) is 10.1. The smallest absolute Gasteiger partial charge is 0.407 e. The van der Waals surface area contributed by atoms with E-state index in [9.17, 15) is 23.2 Å². The number of nitrogens with zero attached hydrogens (tertiary/aromatic N) is 2. The monoisotopic (exact) mass is 437 g/mol. The molecule has 0 aromatic heterocycles. The van der Waals surface area contributed by atoms with Crippen molar-refractivity contribution in [1.29, 1.82) is 0 Å². The highest BCUT2D eigenvalue weighted by Crippen LogP contribution is 2.31. The van der Waals surface area contributed by atoms with Gasteiger partial charge in [-0.1, -0.05) is 6.92 Å². The zero-order chi connectivity index (χ0) is 23.3. The van der Waals surface area contributed by atoms with Gasteiger partial charge in [-0.2, -0.15) is 0 Å². The van der Waals surface area contributed by atoms with Crippen LogP contribution in [0.25, 0.3) is 0 Å². The van der Waals surface area contributed by atoms with E-state index in [4.69, 9.17) is 4.74 Å². The molecule has 1 heterocycles. The van der Waals surface area contributed by atoms with E-state index in [1.807, 2.05) is 0 Å². The molecule has 170 valence electrons. The first-order valence-corrected chi connectivity index (χ1v) is 10.1. The number of amides is 2. The fraction of sp³-hybridized carbons (Fsp3) is 0.500. The second kappa shape index (κ2) is 9.89. The largest absolute Gasteiger partial charge is 0.444 e. The van der Waals surface area contributed by atoms with Crippen molar-refractivity contribution in [3.05, 3.63) is 36.0 Å². The van der Waals surface area contributed by atoms with Crippen molar-refractivity contribution in [1.82, 2.24) is 5.32 Å². The number of alkyl carbamates (subject to hydrolysis) is 1. The molecule has 1 aliphatic heterocycles. The fourth-order valence-electron chi connectivity index (χ4n) is 3.07. The number of anilines is 2. The Morgan fingerprint density at radius 2 is 1.94 bits per heavy atom. The molecule has 1 aliphatic rings. The zero-order valence-electron chi connectivity index (χ0n) is 18.5. The topological polar surface area (TPSA) is 79.0 Å². The van der Waals surface area contributed by atoms with Gasteiger partial charge in [0.2, 0.25) is 5.91 Å². The van der Waals surface area contributed by atoms with Crippen molar-refractivity contribution < 1.29 is 27.9 Å². The van der Waals surface area contributed by atoms with E-state index in [1.165, 1.54) is 36.2 Å². The molecule has 1 aromatic rings. The lowest BCUT2D eigenvalue weighted by atomic mass is 10.1. The number of halogens is 2. The number of benzene rings is 1. The Bertz CT molecular complexity index is 880. The van der Waals surface area contributed by atoms with Crippen LogP contribution in [0.2, 0.25) is 0 Å². The molecule has 0 radical (unpaired) electrons. The van der Waals surface area contributed by atoms with Gasteiger partial charge in [-0.25, -0.2) is 13.6 Å². The van der Waals surface area contributed by atoms with Gasteiger partial charge in [0.15, 0.2) is 17.4 Å². The summed E-state index contributed by atoms with van der Waals surface area (Å²) in [5.74, 6) is -3.04. The number of rotatable bonds is 6. The second-order valence-electron chi connectivity index (χ2n) is 8.57. The summed E-state index contributed by atoms with van der Waals surface area (Å²) in [6, 6.07) is 2.72. The van der Waals surface area contributed by atoms with E-state index in [0.29, 0.717) is 0 Å². The van der Waals surface area contributed by atoms with Crippen LogP contribution in [0.1, 0.15) is 41.0 Å². The zero-order valence-corrected chi connectivity index (χ0v) is 18.5. The highest BCUT2D eigenvalue weighted by molar-refractivity contribution is 5.93. The Labute approximate surface area is 181 Å². The van der Waals surface area contributed by atoms with Gasteiger partial charge in [0.25, 0.3) is 0 Å². The number of carbonyl (C=O) groups is 3. The van der Waals surface area contributed by atoms with Crippen LogP contribution in [0.15, 0.2) is 24.4 Å². The third-order valence-corrected chi connectivity index (χ3v) is 4.55. The summed E-state index contributed by atoms with van der Waals surface area (Å²) in [6.07, 6.45) is 2.34. The van der Waals surface area contributed by atoms with Crippen molar-refractivity contribution >= 4 is 29.2 Å². The summed E-state index contributed by atoms with van der Waals surface area (Å²) < 4.78 is 34.8. The SMILES string of the molecule is CC(=O)N(C[C@@H](C)CNC(=O)OC(C)(C)C)c1ccc(N2C=CC(=O)CC2)c(F)c1F. The highest BCUT2D eigenvalue weighted by Gasteiger charge is 2.25. The summed E-state index contributed by atoms with van der Waals surface area (Å²) in [5.41, 5.74) is -0.832. The Morgan fingerprint density at radius 1 is 1.26 bits per heavy atom. The molecule has 0 bridgehead atoms. The number of hydrogen-bond acceptors (Lipinski definition) is 5. The predicted molar refractivity (Wildman–Crippen MR) is 114 cm³/mol. The van der Waals surface area contributed by atoms with Crippen LogP contribution in [-0.4, -0.2) is 43.0 Å². The van der Waals surface area contributed by atoms with Gasteiger partial charge < -0.3 is 19.9 Å². The quantitative estimate of drug-likeness (QED) is 0.733. The number of allylic oxidation sites excluding steroid dienone is 1. The molecule has 0 saturated heterocycles. The van der Waals surface area contributed by atoms with Crippen LogP contribution in [0.5, 0.6) is 0 Å². The number of carbonyl (C=O) groups excluding carboxylic acids is 3. The summed E-state index contributed by atoms with van der Waals surface area (Å²) in [4.78, 5) is 37.9. The fourth-order valence-corrected chi connectivity index (χ4v) is 3.07. The Hall–Kier alpha value is -2.97. The maximum Gasteiger partial charge on any atom is 0.407 e. The van der Waals surface area contributed by atoms with E-state index in [2.05, 4.69) is 5.32 Å². The van der Waals surface area contributed by atoms with Gasteiger partial charge in [-0.05, 0) is 44.9 Å². The third-order valence-electron chi connectivity index (χ3n) is 4.55. The summed E-state index contributed by atoms with van der Waals surface area (Å²) in [6.45, 7) is 8.76. The Kier molecular flexibility index (Phi) is 7.75. The first-order chi connectivity index (χ1) is 14.4. The third kappa shape index (κ3) is 6.77. The predicted octanol–water partition coefficient (Wildman–Crippen LogP) is 3.77. The number of ketones is 1. The van der Waals surface area contributed by atoms with Crippen LogP contribution in [0, 0.1) is 17.6 Å². The molecule has 1 N–H and O–H groups in total. The van der Waals surface area contributed by atoms with E-state index in [-0.39, 0.29) is 49.1 Å². The van der Waals surface area contributed by atoms with Gasteiger partial charge in [-0.15, -0.1) is 0 Å². The lowest BCUT2D eigenvalue weighted by Crippen LogP contribution is -2.40. The van der Waals surface area contributed by atoms with Crippen LogP contribution in [0.4, 0.5) is 25.0 Å². The van der Waals surface area contributed by atoms with E-state index < -0.39 is 29.2 Å². The molecule has 2 rings (SSSR count). The highest BCUT2D eigenvalue weighted by atomic mass is 19.2.